The Kier molecular flexibility index (Phi) is 13.2. The number of aliphatic hydroxyl groups is 2. The molecule has 2 heteroatoms. The Labute approximate surface area is 157 Å². The van der Waals surface area contributed by atoms with Crippen LogP contribution < -0.4 is 0 Å². The molecule has 0 heterocycles. The van der Waals surface area contributed by atoms with Gasteiger partial charge in [-0.25, -0.2) is 0 Å². The first-order chi connectivity index (χ1) is 11.4. The van der Waals surface area contributed by atoms with Gasteiger partial charge in [0.15, 0.2) is 0 Å². The van der Waals surface area contributed by atoms with Gasteiger partial charge in [0.2, 0.25) is 0 Å². The van der Waals surface area contributed by atoms with E-state index in [-0.39, 0.29) is 0 Å². The molecule has 2 unspecified atom stereocenters. The van der Waals surface area contributed by atoms with Gasteiger partial charge in [-0.05, 0) is 58.4 Å². The van der Waals surface area contributed by atoms with E-state index in [4.69, 9.17) is 0 Å². The van der Waals surface area contributed by atoms with E-state index in [1.54, 1.807) is 13.8 Å². The summed E-state index contributed by atoms with van der Waals surface area (Å²) in [5.41, 5.74) is 0.927. The average Bonchev–Trinajstić information content (AvgIpc) is 2.48. The molecule has 0 bridgehead atoms. The molecule has 0 saturated carbocycles. The Morgan fingerprint density at radius 2 is 1.52 bits per heavy atom. The average molecular weight is 353 g/mol. The maximum Gasteiger partial charge on any atom is 0.0840 e. The molecule has 0 radical (unpaired) electrons. The molecule has 0 fully saturated rings. The molecule has 0 amide bonds. The summed E-state index contributed by atoms with van der Waals surface area (Å²) in [5.74, 6) is 1.15. The summed E-state index contributed by atoms with van der Waals surface area (Å²) >= 11 is 0. The number of benzene rings is 1. The number of rotatable bonds is 6. The fourth-order valence-electron chi connectivity index (χ4n) is 2.53. The molecule has 0 aliphatic rings. The van der Waals surface area contributed by atoms with Crippen LogP contribution in [-0.4, -0.2) is 15.8 Å². The van der Waals surface area contributed by atoms with E-state index in [0.717, 1.165) is 17.9 Å². The predicted octanol–water partition coefficient (Wildman–Crippen LogP) is 6.47. The maximum absolute atomic E-state index is 9.70. The lowest BCUT2D eigenvalue weighted by molar-refractivity contribution is 0.0149. The van der Waals surface area contributed by atoms with Crippen LogP contribution in [0.25, 0.3) is 0 Å². The fraction of sp³-hybridized carbons (Fsp3) is 0.739. The highest BCUT2D eigenvalue weighted by Crippen LogP contribution is 2.25. The van der Waals surface area contributed by atoms with Crippen molar-refractivity contribution in [2.24, 2.45) is 11.8 Å². The first-order valence-electron chi connectivity index (χ1n) is 9.89. The third-order valence-corrected chi connectivity index (χ3v) is 4.47. The molecule has 25 heavy (non-hydrogen) atoms. The molecule has 0 aliphatic heterocycles. The second-order valence-electron chi connectivity index (χ2n) is 8.11. The second kappa shape index (κ2) is 12.5. The standard InChI is InChI=1S/C11H24O.C10H14O.C2H6/c1-6-7-9(2)8-10(3)11(4,5)12;1-8-5-4-6-9(7-8)10(2,3)11;1-2/h9-10,12H,6-8H2,1-5H3;4-7,11H,1-3H3;1-2H3. The summed E-state index contributed by atoms with van der Waals surface area (Å²) < 4.78 is 0. The van der Waals surface area contributed by atoms with E-state index in [2.05, 4.69) is 20.8 Å². The first-order valence-corrected chi connectivity index (χ1v) is 9.89. The second-order valence-corrected chi connectivity index (χ2v) is 8.11. The summed E-state index contributed by atoms with van der Waals surface area (Å²) in [6.45, 7) is 20.0. The number of aryl methyl sites for hydroxylation is 1. The van der Waals surface area contributed by atoms with Crippen molar-refractivity contribution in [2.45, 2.75) is 99.7 Å². The van der Waals surface area contributed by atoms with Crippen LogP contribution in [0.5, 0.6) is 0 Å². The Hall–Kier alpha value is -0.860. The monoisotopic (exact) mass is 352 g/mol. The van der Waals surface area contributed by atoms with E-state index >= 15 is 0 Å². The molecule has 0 aromatic heterocycles. The van der Waals surface area contributed by atoms with Crippen LogP contribution in [0, 0.1) is 18.8 Å². The number of hydrogen-bond acceptors (Lipinski definition) is 2. The maximum atomic E-state index is 9.70. The molecule has 0 aliphatic carbocycles. The van der Waals surface area contributed by atoms with Crippen LogP contribution in [0.1, 0.15) is 92.7 Å². The quantitative estimate of drug-likeness (QED) is 0.616. The van der Waals surface area contributed by atoms with Crippen molar-refractivity contribution in [3.63, 3.8) is 0 Å². The lowest BCUT2D eigenvalue weighted by Gasteiger charge is -2.28. The smallest absolute Gasteiger partial charge is 0.0840 e. The number of hydrogen-bond donors (Lipinski definition) is 2. The minimum absolute atomic E-state index is 0.402. The summed E-state index contributed by atoms with van der Waals surface area (Å²) in [4.78, 5) is 0. The van der Waals surface area contributed by atoms with Crippen LogP contribution >= 0.6 is 0 Å². The van der Waals surface area contributed by atoms with Crippen molar-refractivity contribution >= 4 is 0 Å². The van der Waals surface area contributed by atoms with Gasteiger partial charge in [-0.15, -0.1) is 0 Å². The normalized spacial score (nSPS) is 13.8. The van der Waals surface area contributed by atoms with Crippen molar-refractivity contribution in [3.8, 4) is 0 Å². The van der Waals surface area contributed by atoms with Gasteiger partial charge in [-0.1, -0.05) is 77.3 Å². The van der Waals surface area contributed by atoms with E-state index in [9.17, 15) is 10.2 Å². The summed E-state index contributed by atoms with van der Waals surface area (Å²) in [7, 11) is 0. The van der Waals surface area contributed by atoms with Gasteiger partial charge in [0.25, 0.3) is 0 Å². The summed E-state index contributed by atoms with van der Waals surface area (Å²) in [6, 6.07) is 7.92. The molecule has 2 N–H and O–H groups in total. The van der Waals surface area contributed by atoms with E-state index in [1.807, 2.05) is 58.9 Å². The first kappa shape index (κ1) is 26.4. The van der Waals surface area contributed by atoms with Crippen molar-refractivity contribution in [2.75, 3.05) is 0 Å². The van der Waals surface area contributed by atoms with Crippen LogP contribution in [0.2, 0.25) is 0 Å². The summed E-state index contributed by atoms with van der Waals surface area (Å²) in [5, 5.41) is 19.3. The molecule has 0 saturated heterocycles. The summed E-state index contributed by atoms with van der Waals surface area (Å²) in [6.07, 6.45) is 3.66. The predicted molar refractivity (Wildman–Crippen MR) is 112 cm³/mol. The van der Waals surface area contributed by atoms with Crippen LogP contribution in [-0.2, 0) is 5.60 Å². The van der Waals surface area contributed by atoms with Gasteiger partial charge in [0.05, 0.1) is 11.2 Å². The molecule has 1 aromatic carbocycles. The van der Waals surface area contributed by atoms with Crippen LogP contribution in [0.15, 0.2) is 24.3 Å². The SMILES string of the molecule is CC.CCCC(C)CC(C)C(C)(C)O.Cc1cccc(C(C)(C)O)c1. The zero-order valence-electron chi connectivity index (χ0n) is 18.5. The molecule has 2 nitrogen and oxygen atoms in total. The zero-order chi connectivity index (χ0) is 20.3. The molecular weight excluding hydrogens is 308 g/mol. The molecule has 148 valence electrons. The minimum atomic E-state index is -0.716. The molecular formula is C23H44O2. The van der Waals surface area contributed by atoms with Crippen molar-refractivity contribution in [1.82, 2.24) is 0 Å². The van der Waals surface area contributed by atoms with E-state index in [1.165, 1.54) is 18.4 Å². The largest absolute Gasteiger partial charge is 0.390 e. The van der Waals surface area contributed by atoms with Gasteiger partial charge >= 0.3 is 0 Å². The molecule has 2 atom stereocenters. The topological polar surface area (TPSA) is 40.5 Å². The van der Waals surface area contributed by atoms with Gasteiger partial charge in [-0.2, -0.15) is 0 Å². The minimum Gasteiger partial charge on any atom is -0.390 e. The third kappa shape index (κ3) is 13.1. The van der Waals surface area contributed by atoms with Crippen molar-refractivity contribution in [1.29, 1.82) is 0 Å². The lowest BCUT2D eigenvalue weighted by atomic mass is 9.84. The lowest BCUT2D eigenvalue weighted by Crippen LogP contribution is -2.29. The highest BCUT2D eigenvalue weighted by Gasteiger charge is 2.23. The van der Waals surface area contributed by atoms with Gasteiger partial charge in [0.1, 0.15) is 0 Å². The molecule has 0 spiro atoms. The zero-order valence-corrected chi connectivity index (χ0v) is 18.5. The molecule has 1 rings (SSSR count). The van der Waals surface area contributed by atoms with Gasteiger partial charge in [0, 0.05) is 0 Å². The van der Waals surface area contributed by atoms with Gasteiger partial charge in [-0.3, -0.25) is 0 Å². The highest BCUT2D eigenvalue weighted by atomic mass is 16.3. The van der Waals surface area contributed by atoms with Gasteiger partial charge < -0.3 is 10.2 Å². The molecule has 1 aromatic rings. The Bertz CT molecular complexity index is 438. The Morgan fingerprint density at radius 1 is 1.00 bits per heavy atom. The van der Waals surface area contributed by atoms with Crippen LogP contribution in [0.4, 0.5) is 0 Å². The van der Waals surface area contributed by atoms with Crippen molar-refractivity contribution in [3.05, 3.63) is 35.4 Å². The van der Waals surface area contributed by atoms with Crippen molar-refractivity contribution < 1.29 is 10.2 Å². The Balaban J connectivity index is 0. The third-order valence-electron chi connectivity index (χ3n) is 4.47. The highest BCUT2D eigenvalue weighted by molar-refractivity contribution is 5.26. The fourth-order valence-corrected chi connectivity index (χ4v) is 2.53. The Morgan fingerprint density at radius 3 is 1.84 bits per heavy atom. The van der Waals surface area contributed by atoms with E-state index in [0.29, 0.717) is 5.92 Å². The van der Waals surface area contributed by atoms with E-state index < -0.39 is 11.2 Å². The van der Waals surface area contributed by atoms with Crippen LogP contribution in [0.3, 0.4) is 0 Å².